The molecule has 2 aromatic carbocycles. The van der Waals surface area contributed by atoms with Crippen LogP contribution in [0.1, 0.15) is 36.5 Å². The third-order valence-electron chi connectivity index (χ3n) is 6.28. The number of carbonyl (C=O) groups is 3. The molecule has 8 nitrogen and oxygen atoms in total. The van der Waals surface area contributed by atoms with Crippen molar-refractivity contribution in [2.75, 3.05) is 25.1 Å². The quantitative estimate of drug-likeness (QED) is 0.720. The van der Waals surface area contributed by atoms with Crippen LogP contribution in [0.5, 0.6) is 11.5 Å². The largest absolute Gasteiger partial charge is 0.490 e. The topological polar surface area (TPSA) is 97.0 Å². The van der Waals surface area contributed by atoms with E-state index in [4.69, 9.17) is 9.47 Å². The lowest BCUT2D eigenvalue weighted by atomic mass is 9.91. The molecule has 0 aromatic heterocycles. The number of ether oxygens (including phenoxy) is 2. The van der Waals surface area contributed by atoms with Crippen molar-refractivity contribution in [1.82, 2.24) is 10.2 Å². The van der Waals surface area contributed by atoms with Gasteiger partial charge in [0.1, 0.15) is 12.1 Å². The van der Waals surface area contributed by atoms with Crippen LogP contribution < -0.4 is 20.1 Å². The molecule has 3 aliphatic rings. The van der Waals surface area contributed by atoms with E-state index in [0.29, 0.717) is 36.0 Å². The fourth-order valence-corrected chi connectivity index (χ4v) is 4.50. The van der Waals surface area contributed by atoms with Crippen molar-refractivity contribution in [3.05, 3.63) is 53.1 Å². The number of nitrogens with one attached hydrogen (secondary N) is 2. The van der Waals surface area contributed by atoms with Crippen molar-refractivity contribution in [2.45, 2.75) is 38.1 Å². The minimum Gasteiger partial charge on any atom is -0.490 e. The number of urea groups is 1. The zero-order valence-electron chi connectivity index (χ0n) is 17.9. The van der Waals surface area contributed by atoms with Crippen molar-refractivity contribution in [2.24, 2.45) is 0 Å². The Morgan fingerprint density at radius 3 is 2.66 bits per heavy atom. The number of fused-ring (bicyclic) bond motifs is 2. The average molecular weight is 435 g/mol. The van der Waals surface area contributed by atoms with E-state index in [-0.39, 0.29) is 6.54 Å². The summed E-state index contributed by atoms with van der Waals surface area (Å²) >= 11 is 0. The second-order valence-corrected chi connectivity index (χ2v) is 8.54. The van der Waals surface area contributed by atoms with Gasteiger partial charge in [0.05, 0.1) is 13.2 Å². The Balaban J connectivity index is 1.31. The van der Waals surface area contributed by atoms with Crippen molar-refractivity contribution in [1.29, 1.82) is 0 Å². The van der Waals surface area contributed by atoms with Gasteiger partial charge in [-0.05, 0) is 67.1 Å². The predicted octanol–water partition coefficient (Wildman–Crippen LogP) is 2.74. The van der Waals surface area contributed by atoms with E-state index in [0.717, 1.165) is 30.6 Å². The van der Waals surface area contributed by atoms with Crippen LogP contribution in [0.3, 0.4) is 0 Å². The molecular weight excluding hydrogens is 410 g/mol. The summed E-state index contributed by atoms with van der Waals surface area (Å²) in [5, 5.41) is 5.54. The normalized spacial score (nSPS) is 21.7. The molecule has 5 rings (SSSR count). The number of aryl methyl sites for hydroxylation is 2. The predicted molar refractivity (Wildman–Crippen MR) is 117 cm³/mol. The van der Waals surface area contributed by atoms with Crippen LogP contribution >= 0.6 is 0 Å². The molecule has 8 heteroatoms. The molecular formula is C24H25N3O5. The molecule has 0 unspecified atom stereocenters. The van der Waals surface area contributed by atoms with Crippen molar-refractivity contribution < 1.29 is 23.9 Å². The highest BCUT2D eigenvalue weighted by molar-refractivity contribution is 6.10. The van der Waals surface area contributed by atoms with Gasteiger partial charge in [0, 0.05) is 12.1 Å². The molecule has 0 radical (unpaired) electrons. The monoisotopic (exact) mass is 435 g/mol. The van der Waals surface area contributed by atoms with Gasteiger partial charge in [-0.2, -0.15) is 0 Å². The summed E-state index contributed by atoms with van der Waals surface area (Å²) < 4.78 is 11.4. The summed E-state index contributed by atoms with van der Waals surface area (Å²) in [6, 6.07) is 10.4. The van der Waals surface area contributed by atoms with Gasteiger partial charge in [0.15, 0.2) is 11.5 Å². The molecule has 4 amide bonds. The number of nitrogens with zero attached hydrogens (tertiary/aromatic N) is 1. The van der Waals surface area contributed by atoms with Gasteiger partial charge in [-0.25, -0.2) is 4.79 Å². The zero-order valence-corrected chi connectivity index (χ0v) is 17.9. The van der Waals surface area contributed by atoms with Crippen LogP contribution in [0, 0.1) is 0 Å². The summed E-state index contributed by atoms with van der Waals surface area (Å²) in [5.74, 6) is 0.240. The van der Waals surface area contributed by atoms with Gasteiger partial charge >= 0.3 is 6.03 Å². The van der Waals surface area contributed by atoms with E-state index in [1.807, 2.05) is 18.2 Å². The fourth-order valence-electron chi connectivity index (χ4n) is 4.50. The minimum absolute atomic E-state index is 0.359. The summed E-state index contributed by atoms with van der Waals surface area (Å²) in [6.45, 7) is 2.35. The Hall–Kier alpha value is -3.55. The van der Waals surface area contributed by atoms with Crippen molar-refractivity contribution in [3.8, 4) is 11.5 Å². The fraction of sp³-hybridized carbons (Fsp3) is 0.375. The first-order valence-electron chi connectivity index (χ1n) is 10.9. The smallest absolute Gasteiger partial charge is 0.325 e. The van der Waals surface area contributed by atoms with Gasteiger partial charge in [0.25, 0.3) is 5.91 Å². The number of amides is 4. The van der Waals surface area contributed by atoms with E-state index in [1.54, 1.807) is 25.1 Å². The second kappa shape index (κ2) is 7.85. The SMILES string of the molecule is C[C@@]1(c2ccc3c(c2)OCCCO3)NC(=O)N(CC(=O)Nc2ccc3c(c2)CCC3)C1=O. The summed E-state index contributed by atoms with van der Waals surface area (Å²) in [5.41, 5.74) is 2.49. The van der Waals surface area contributed by atoms with E-state index < -0.39 is 23.4 Å². The molecule has 166 valence electrons. The second-order valence-electron chi connectivity index (χ2n) is 8.54. The highest BCUT2D eigenvalue weighted by Gasteiger charge is 2.49. The first-order valence-corrected chi connectivity index (χ1v) is 10.9. The maximum Gasteiger partial charge on any atom is 0.325 e. The number of benzene rings is 2. The minimum atomic E-state index is -1.30. The third kappa shape index (κ3) is 3.55. The maximum absolute atomic E-state index is 13.2. The molecule has 0 saturated carbocycles. The lowest BCUT2D eigenvalue weighted by molar-refractivity contribution is -0.133. The van der Waals surface area contributed by atoms with Crippen LogP contribution in [-0.2, 0) is 28.0 Å². The van der Waals surface area contributed by atoms with Crippen LogP contribution in [0.25, 0.3) is 0 Å². The lowest BCUT2D eigenvalue weighted by Crippen LogP contribution is -2.42. The molecule has 0 bridgehead atoms. The van der Waals surface area contributed by atoms with Crippen molar-refractivity contribution in [3.63, 3.8) is 0 Å². The number of hydrogen-bond acceptors (Lipinski definition) is 5. The first-order chi connectivity index (χ1) is 15.4. The number of hydrogen-bond donors (Lipinski definition) is 2. The van der Waals surface area contributed by atoms with E-state index in [9.17, 15) is 14.4 Å². The Bertz CT molecular complexity index is 1110. The van der Waals surface area contributed by atoms with Gasteiger partial charge in [0.2, 0.25) is 5.91 Å². The molecule has 32 heavy (non-hydrogen) atoms. The molecule has 1 fully saturated rings. The van der Waals surface area contributed by atoms with E-state index >= 15 is 0 Å². The molecule has 1 saturated heterocycles. The molecule has 1 atom stereocenters. The molecule has 2 aromatic rings. The van der Waals surface area contributed by atoms with Crippen LogP contribution in [0.2, 0.25) is 0 Å². The van der Waals surface area contributed by atoms with E-state index in [1.165, 1.54) is 11.1 Å². The van der Waals surface area contributed by atoms with Gasteiger partial charge in [-0.3, -0.25) is 14.5 Å². The molecule has 2 heterocycles. The van der Waals surface area contributed by atoms with E-state index in [2.05, 4.69) is 10.6 Å². The highest BCUT2D eigenvalue weighted by Crippen LogP contribution is 2.36. The maximum atomic E-state index is 13.2. The number of carbonyl (C=O) groups excluding carboxylic acids is 3. The molecule has 1 aliphatic carbocycles. The third-order valence-corrected chi connectivity index (χ3v) is 6.28. The average Bonchev–Trinajstić information content (AvgIpc) is 3.22. The van der Waals surface area contributed by atoms with Crippen LogP contribution in [-0.4, -0.2) is 42.5 Å². The van der Waals surface area contributed by atoms with Gasteiger partial charge < -0.3 is 20.1 Å². The first kappa shape index (κ1) is 20.4. The summed E-state index contributed by atoms with van der Waals surface area (Å²) in [4.78, 5) is 39.4. The number of rotatable bonds is 4. The summed E-state index contributed by atoms with van der Waals surface area (Å²) in [6.07, 6.45) is 3.95. The van der Waals surface area contributed by atoms with Gasteiger partial charge in [-0.1, -0.05) is 12.1 Å². The van der Waals surface area contributed by atoms with Crippen LogP contribution in [0.15, 0.2) is 36.4 Å². The highest BCUT2D eigenvalue weighted by atomic mass is 16.5. The standard InChI is InChI=1S/C24H25N3O5/c1-24(17-7-9-19-20(13-17)32-11-3-10-31-19)22(29)27(23(30)26-24)14-21(28)25-18-8-6-15-4-2-5-16(15)12-18/h6-9,12-13H,2-5,10-11,14H2,1H3,(H,25,28)(H,26,30)/t24-/m0/s1. The molecule has 2 N–H and O–H groups in total. The van der Waals surface area contributed by atoms with Crippen molar-refractivity contribution >= 4 is 23.5 Å². The zero-order chi connectivity index (χ0) is 22.3. The Morgan fingerprint density at radius 2 is 1.81 bits per heavy atom. The molecule has 0 spiro atoms. The Kier molecular flexibility index (Phi) is 5.00. The van der Waals surface area contributed by atoms with Gasteiger partial charge in [-0.15, -0.1) is 0 Å². The number of imide groups is 1. The Labute approximate surface area is 185 Å². The summed E-state index contributed by atoms with van der Waals surface area (Å²) in [7, 11) is 0. The lowest BCUT2D eigenvalue weighted by Gasteiger charge is -2.23. The Morgan fingerprint density at radius 1 is 1.03 bits per heavy atom. The van der Waals surface area contributed by atoms with Crippen LogP contribution in [0.4, 0.5) is 10.5 Å². The number of anilines is 1. The molecule has 2 aliphatic heterocycles.